The summed E-state index contributed by atoms with van der Waals surface area (Å²) in [6.45, 7) is 3.63. The largest absolute Gasteiger partial charge is 0.486 e. The number of nitrogens with two attached hydrogens (primary N) is 1. The maximum Gasteiger partial charge on any atom is 0.335 e. The average Bonchev–Trinajstić information content (AvgIpc) is 2.16. The fourth-order valence-electron chi connectivity index (χ4n) is 0.917. The highest BCUT2D eigenvalue weighted by molar-refractivity contribution is 9.10. The van der Waals surface area contributed by atoms with E-state index in [2.05, 4.69) is 22.5 Å². The average molecular weight is 272 g/mol. The number of carboxylic acid groups (broad SMARTS) is 1. The van der Waals surface area contributed by atoms with Gasteiger partial charge in [-0.2, -0.15) is 0 Å². The van der Waals surface area contributed by atoms with Gasteiger partial charge >= 0.3 is 5.97 Å². The Hall–Kier alpha value is -1.49. The van der Waals surface area contributed by atoms with Crippen molar-refractivity contribution in [2.24, 2.45) is 5.73 Å². The van der Waals surface area contributed by atoms with E-state index in [1.165, 1.54) is 12.1 Å². The highest BCUT2D eigenvalue weighted by Crippen LogP contribution is 2.26. The Balaban J connectivity index is 2.90. The van der Waals surface area contributed by atoms with Gasteiger partial charge in [0.15, 0.2) is 0 Å². The van der Waals surface area contributed by atoms with Crippen molar-refractivity contribution >= 4 is 21.9 Å². The summed E-state index contributed by atoms with van der Waals surface area (Å²) in [5.41, 5.74) is 5.88. The van der Waals surface area contributed by atoms with Crippen molar-refractivity contribution in [2.75, 3.05) is 6.61 Å². The molecule has 1 rings (SSSR count). The minimum absolute atomic E-state index is 0.154. The third-order valence-electron chi connectivity index (χ3n) is 1.59. The van der Waals surface area contributed by atoms with Crippen LogP contribution < -0.4 is 10.5 Å². The third-order valence-corrected chi connectivity index (χ3v) is 2.25. The minimum Gasteiger partial charge on any atom is -0.486 e. The molecule has 0 aliphatic rings. The lowest BCUT2D eigenvalue weighted by Gasteiger charge is -2.08. The van der Waals surface area contributed by atoms with Gasteiger partial charge in [0.25, 0.3) is 0 Å². The van der Waals surface area contributed by atoms with Gasteiger partial charge in [0.05, 0.1) is 10.0 Å². The number of carboxylic acids is 1. The van der Waals surface area contributed by atoms with Crippen LogP contribution in [0.5, 0.6) is 5.75 Å². The molecule has 1 aromatic rings. The van der Waals surface area contributed by atoms with Gasteiger partial charge < -0.3 is 15.6 Å². The molecule has 0 atom stereocenters. The predicted molar refractivity (Wildman–Crippen MR) is 59.9 cm³/mol. The zero-order valence-corrected chi connectivity index (χ0v) is 9.45. The molecule has 0 spiro atoms. The first-order chi connectivity index (χ1) is 7.00. The minimum atomic E-state index is -1.00. The third kappa shape index (κ3) is 3.28. The molecule has 0 saturated heterocycles. The van der Waals surface area contributed by atoms with Crippen molar-refractivity contribution in [1.82, 2.24) is 0 Å². The molecule has 1 aromatic carbocycles. The van der Waals surface area contributed by atoms with E-state index < -0.39 is 5.97 Å². The topological polar surface area (TPSA) is 72.5 Å². The van der Waals surface area contributed by atoms with Crippen molar-refractivity contribution in [3.8, 4) is 5.75 Å². The summed E-state index contributed by atoms with van der Waals surface area (Å²) < 4.78 is 5.93. The number of hydrogen-bond donors (Lipinski definition) is 2. The summed E-state index contributed by atoms with van der Waals surface area (Å²) in [7, 11) is 0. The first-order valence-corrected chi connectivity index (χ1v) is 4.89. The normalized spacial score (nSPS) is 9.67. The van der Waals surface area contributed by atoms with Gasteiger partial charge in [-0.25, -0.2) is 4.79 Å². The number of halogens is 1. The molecular weight excluding hydrogens is 262 g/mol. The highest BCUT2D eigenvalue weighted by Gasteiger charge is 2.07. The fraction of sp³-hybridized carbons (Fsp3) is 0.100. The van der Waals surface area contributed by atoms with E-state index in [1.807, 2.05) is 0 Å². The number of benzene rings is 1. The molecule has 5 heteroatoms. The first kappa shape index (κ1) is 11.6. The van der Waals surface area contributed by atoms with Crippen LogP contribution in [-0.2, 0) is 0 Å². The molecule has 0 saturated carbocycles. The Morgan fingerprint density at radius 1 is 1.60 bits per heavy atom. The van der Waals surface area contributed by atoms with Gasteiger partial charge in [-0.05, 0) is 34.1 Å². The van der Waals surface area contributed by atoms with Crippen LogP contribution in [-0.4, -0.2) is 17.7 Å². The van der Waals surface area contributed by atoms with Crippen molar-refractivity contribution in [1.29, 1.82) is 0 Å². The molecule has 0 fully saturated rings. The van der Waals surface area contributed by atoms with Crippen LogP contribution in [0.4, 0.5) is 0 Å². The summed E-state index contributed by atoms with van der Waals surface area (Å²) in [4.78, 5) is 10.7. The van der Waals surface area contributed by atoms with E-state index in [0.29, 0.717) is 15.9 Å². The van der Waals surface area contributed by atoms with Crippen molar-refractivity contribution < 1.29 is 14.6 Å². The summed E-state index contributed by atoms with van der Waals surface area (Å²) in [5.74, 6) is -0.569. The van der Waals surface area contributed by atoms with Crippen LogP contribution >= 0.6 is 15.9 Å². The van der Waals surface area contributed by atoms with E-state index in [1.54, 1.807) is 6.07 Å². The molecule has 0 bridgehead atoms. The van der Waals surface area contributed by atoms with E-state index in [9.17, 15) is 4.79 Å². The van der Waals surface area contributed by atoms with Crippen LogP contribution in [0, 0.1) is 0 Å². The van der Waals surface area contributed by atoms with E-state index in [-0.39, 0.29) is 12.2 Å². The van der Waals surface area contributed by atoms with E-state index >= 15 is 0 Å². The van der Waals surface area contributed by atoms with E-state index in [4.69, 9.17) is 15.6 Å². The molecule has 80 valence electrons. The lowest BCUT2D eigenvalue weighted by Crippen LogP contribution is -2.08. The zero-order chi connectivity index (χ0) is 11.4. The maximum absolute atomic E-state index is 10.7. The highest BCUT2D eigenvalue weighted by atomic mass is 79.9. The molecule has 0 aromatic heterocycles. The number of rotatable bonds is 4. The van der Waals surface area contributed by atoms with Crippen molar-refractivity contribution in [2.45, 2.75) is 0 Å². The molecular formula is C10H10BrNO3. The number of aromatic carboxylic acids is 1. The van der Waals surface area contributed by atoms with Gasteiger partial charge in [-0.15, -0.1) is 0 Å². The molecule has 0 unspecified atom stereocenters. The second kappa shape index (κ2) is 4.84. The Labute approximate surface area is 95.5 Å². The van der Waals surface area contributed by atoms with E-state index in [0.717, 1.165) is 0 Å². The van der Waals surface area contributed by atoms with Gasteiger partial charge in [0, 0.05) is 5.70 Å². The predicted octanol–water partition coefficient (Wildman–Crippen LogP) is 2.00. The summed E-state index contributed by atoms with van der Waals surface area (Å²) in [5, 5.41) is 8.76. The second-order valence-electron chi connectivity index (χ2n) is 2.90. The van der Waals surface area contributed by atoms with Gasteiger partial charge in [-0.1, -0.05) is 6.58 Å². The Morgan fingerprint density at radius 3 is 2.80 bits per heavy atom. The molecule has 0 heterocycles. The Kier molecular flexibility index (Phi) is 3.74. The van der Waals surface area contributed by atoms with Crippen molar-refractivity contribution in [3.63, 3.8) is 0 Å². The summed E-state index contributed by atoms with van der Waals surface area (Å²) in [6, 6.07) is 4.52. The number of ether oxygens (including phenoxy) is 1. The number of carbonyl (C=O) groups is 1. The molecule has 0 aliphatic carbocycles. The van der Waals surface area contributed by atoms with Gasteiger partial charge in [-0.3, -0.25) is 0 Å². The fourth-order valence-corrected chi connectivity index (χ4v) is 1.28. The summed E-state index contributed by atoms with van der Waals surface area (Å²) in [6.07, 6.45) is 0. The standard InChI is InChI=1S/C10H10BrNO3/c1-6(12)5-15-9-4-7(10(13)14)2-3-8(9)11/h2-4H,1,5,12H2,(H,13,14). The molecule has 15 heavy (non-hydrogen) atoms. The molecule has 0 amide bonds. The molecule has 0 radical (unpaired) electrons. The SMILES string of the molecule is C=C(N)COc1cc(C(=O)O)ccc1Br. The van der Waals surface area contributed by atoms with Crippen LogP contribution in [0.15, 0.2) is 34.9 Å². The second-order valence-corrected chi connectivity index (χ2v) is 3.75. The van der Waals surface area contributed by atoms with Crippen LogP contribution in [0.1, 0.15) is 10.4 Å². The smallest absolute Gasteiger partial charge is 0.335 e. The van der Waals surface area contributed by atoms with Crippen LogP contribution in [0.25, 0.3) is 0 Å². The van der Waals surface area contributed by atoms with Crippen LogP contribution in [0.3, 0.4) is 0 Å². The monoisotopic (exact) mass is 271 g/mol. The van der Waals surface area contributed by atoms with Gasteiger partial charge in [0.2, 0.25) is 0 Å². The van der Waals surface area contributed by atoms with Crippen molar-refractivity contribution in [3.05, 3.63) is 40.5 Å². The lowest BCUT2D eigenvalue weighted by atomic mass is 10.2. The Morgan fingerprint density at radius 2 is 2.27 bits per heavy atom. The lowest BCUT2D eigenvalue weighted by molar-refractivity contribution is 0.0696. The Bertz CT molecular complexity index is 404. The molecule has 4 nitrogen and oxygen atoms in total. The molecule has 3 N–H and O–H groups in total. The summed E-state index contributed by atoms with van der Waals surface area (Å²) >= 11 is 3.24. The first-order valence-electron chi connectivity index (χ1n) is 4.09. The quantitative estimate of drug-likeness (QED) is 0.879. The zero-order valence-electron chi connectivity index (χ0n) is 7.87. The van der Waals surface area contributed by atoms with Crippen LogP contribution in [0.2, 0.25) is 0 Å². The molecule has 0 aliphatic heterocycles. The van der Waals surface area contributed by atoms with Gasteiger partial charge in [0.1, 0.15) is 12.4 Å². The maximum atomic E-state index is 10.7. The number of hydrogen-bond acceptors (Lipinski definition) is 3.